The predicted molar refractivity (Wildman–Crippen MR) is 68.9 cm³/mol. The molecule has 2 saturated heterocycles. The van der Waals surface area contributed by atoms with Gasteiger partial charge in [-0.2, -0.15) is 4.98 Å². The topological polar surface area (TPSA) is 57.4 Å². The third kappa shape index (κ3) is 2.49. The quantitative estimate of drug-likeness (QED) is 0.815. The highest BCUT2D eigenvalue weighted by molar-refractivity contribution is 5.29. The minimum Gasteiger partial charge on any atom is -0.337 e. The van der Waals surface area contributed by atoms with Crippen molar-refractivity contribution in [3.8, 4) is 0 Å². The van der Waals surface area contributed by atoms with Crippen LogP contribution in [0.2, 0.25) is 0 Å². The monoisotopic (exact) mass is 251 g/mol. The molecule has 0 unspecified atom stereocenters. The average Bonchev–Trinajstić information content (AvgIpc) is 2.90. The Morgan fingerprint density at radius 2 is 1.89 bits per heavy atom. The molecule has 1 N–H and O–H groups in total. The van der Waals surface area contributed by atoms with Crippen molar-refractivity contribution in [2.75, 3.05) is 51.2 Å². The number of hydrogen-bond donors (Lipinski definition) is 1. The van der Waals surface area contributed by atoms with Crippen LogP contribution in [-0.4, -0.2) is 61.4 Å². The van der Waals surface area contributed by atoms with Crippen LogP contribution in [0, 0.1) is 0 Å². The van der Waals surface area contributed by atoms with Crippen molar-refractivity contribution in [3.63, 3.8) is 0 Å². The molecule has 100 valence electrons. The van der Waals surface area contributed by atoms with Gasteiger partial charge in [-0.3, -0.25) is 0 Å². The number of piperazine rings is 1. The maximum Gasteiger partial charge on any atom is 0.266 e. The van der Waals surface area contributed by atoms with E-state index in [1.807, 2.05) is 0 Å². The SMILES string of the molecule is CN1CCN(c2noc(C3CCNCC3)n2)CC1. The Bertz CT molecular complexity index is 380. The molecule has 0 spiro atoms. The first kappa shape index (κ1) is 11.9. The summed E-state index contributed by atoms with van der Waals surface area (Å²) < 4.78 is 5.44. The Morgan fingerprint density at radius 3 is 2.61 bits per heavy atom. The van der Waals surface area contributed by atoms with Crippen LogP contribution in [0.15, 0.2) is 4.52 Å². The Hall–Kier alpha value is -1.14. The number of likely N-dealkylation sites (N-methyl/N-ethyl adjacent to an activating group) is 1. The number of rotatable bonds is 2. The van der Waals surface area contributed by atoms with E-state index in [1.54, 1.807) is 0 Å². The van der Waals surface area contributed by atoms with Gasteiger partial charge in [0.15, 0.2) is 0 Å². The van der Waals surface area contributed by atoms with E-state index in [-0.39, 0.29) is 0 Å². The van der Waals surface area contributed by atoms with Crippen molar-refractivity contribution < 1.29 is 4.52 Å². The molecule has 6 nitrogen and oxygen atoms in total. The van der Waals surface area contributed by atoms with Gasteiger partial charge >= 0.3 is 0 Å². The highest BCUT2D eigenvalue weighted by Gasteiger charge is 2.24. The molecule has 1 aromatic heterocycles. The Kier molecular flexibility index (Phi) is 3.47. The second kappa shape index (κ2) is 5.24. The zero-order chi connectivity index (χ0) is 12.4. The lowest BCUT2D eigenvalue weighted by Gasteiger charge is -2.31. The molecule has 0 radical (unpaired) electrons. The van der Waals surface area contributed by atoms with Crippen LogP contribution < -0.4 is 10.2 Å². The molecule has 2 fully saturated rings. The van der Waals surface area contributed by atoms with E-state index in [0.29, 0.717) is 5.92 Å². The first-order valence-corrected chi connectivity index (χ1v) is 6.81. The van der Waals surface area contributed by atoms with Gasteiger partial charge in [0.05, 0.1) is 0 Å². The summed E-state index contributed by atoms with van der Waals surface area (Å²) in [7, 11) is 2.15. The molecular weight excluding hydrogens is 230 g/mol. The molecule has 0 atom stereocenters. The van der Waals surface area contributed by atoms with Gasteiger partial charge in [-0.15, -0.1) is 0 Å². The first-order chi connectivity index (χ1) is 8.83. The lowest BCUT2D eigenvalue weighted by atomic mass is 9.98. The van der Waals surface area contributed by atoms with E-state index in [2.05, 4.69) is 32.3 Å². The normalized spacial score (nSPS) is 23.5. The van der Waals surface area contributed by atoms with E-state index < -0.39 is 0 Å². The molecule has 2 aliphatic heterocycles. The number of anilines is 1. The first-order valence-electron chi connectivity index (χ1n) is 6.81. The summed E-state index contributed by atoms with van der Waals surface area (Å²) in [6.45, 7) is 6.21. The van der Waals surface area contributed by atoms with Crippen LogP contribution >= 0.6 is 0 Å². The largest absolute Gasteiger partial charge is 0.337 e. The molecule has 2 aliphatic rings. The minimum absolute atomic E-state index is 0.444. The van der Waals surface area contributed by atoms with E-state index in [9.17, 15) is 0 Å². The maximum atomic E-state index is 5.44. The summed E-state index contributed by atoms with van der Waals surface area (Å²) in [5.74, 6) is 2.04. The fraction of sp³-hybridized carbons (Fsp3) is 0.833. The molecule has 18 heavy (non-hydrogen) atoms. The standard InChI is InChI=1S/C12H21N5O/c1-16-6-8-17(9-7-16)12-14-11(18-15-12)10-2-4-13-5-3-10/h10,13H,2-9H2,1H3. The minimum atomic E-state index is 0.444. The van der Waals surface area contributed by atoms with Gasteiger partial charge in [0.2, 0.25) is 5.89 Å². The van der Waals surface area contributed by atoms with Crippen molar-refractivity contribution in [2.24, 2.45) is 0 Å². The highest BCUT2D eigenvalue weighted by Crippen LogP contribution is 2.25. The van der Waals surface area contributed by atoms with Gasteiger partial charge in [-0.05, 0) is 38.1 Å². The second-order valence-corrected chi connectivity index (χ2v) is 5.25. The molecule has 0 aromatic carbocycles. The summed E-state index contributed by atoms with van der Waals surface area (Å²) in [6.07, 6.45) is 2.20. The molecule has 3 heterocycles. The summed E-state index contributed by atoms with van der Waals surface area (Å²) in [5.41, 5.74) is 0. The second-order valence-electron chi connectivity index (χ2n) is 5.25. The van der Waals surface area contributed by atoms with Crippen LogP contribution in [-0.2, 0) is 0 Å². The zero-order valence-electron chi connectivity index (χ0n) is 10.9. The van der Waals surface area contributed by atoms with Crippen molar-refractivity contribution in [2.45, 2.75) is 18.8 Å². The molecule has 0 bridgehead atoms. The molecule has 3 rings (SSSR count). The Morgan fingerprint density at radius 1 is 1.17 bits per heavy atom. The van der Waals surface area contributed by atoms with Crippen LogP contribution in [0.5, 0.6) is 0 Å². The van der Waals surface area contributed by atoms with E-state index in [1.165, 1.54) is 0 Å². The van der Waals surface area contributed by atoms with Gasteiger partial charge in [0.1, 0.15) is 0 Å². The third-order valence-corrected chi connectivity index (χ3v) is 3.91. The predicted octanol–water partition coefficient (Wildman–Crippen LogP) is 0.288. The van der Waals surface area contributed by atoms with E-state index >= 15 is 0 Å². The smallest absolute Gasteiger partial charge is 0.266 e. The molecule has 0 saturated carbocycles. The summed E-state index contributed by atoms with van der Waals surface area (Å²) in [6, 6.07) is 0. The van der Waals surface area contributed by atoms with Crippen molar-refractivity contribution in [3.05, 3.63) is 5.89 Å². The summed E-state index contributed by atoms with van der Waals surface area (Å²) >= 11 is 0. The highest BCUT2D eigenvalue weighted by atomic mass is 16.5. The molecule has 0 amide bonds. The Labute approximate surface area is 107 Å². The van der Waals surface area contributed by atoms with Crippen molar-refractivity contribution in [1.29, 1.82) is 0 Å². The Balaban J connectivity index is 1.65. The molecule has 0 aliphatic carbocycles. The van der Waals surface area contributed by atoms with Crippen LogP contribution in [0.4, 0.5) is 5.95 Å². The van der Waals surface area contributed by atoms with Gasteiger partial charge in [0.25, 0.3) is 5.95 Å². The average molecular weight is 251 g/mol. The number of nitrogens with one attached hydrogen (secondary N) is 1. The maximum absolute atomic E-state index is 5.44. The number of hydrogen-bond acceptors (Lipinski definition) is 6. The third-order valence-electron chi connectivity index (χ3n) is 3.91. The van der Waals surface area contributed by atoms with E-state index in [4.69, 9.17) is 4.52 Å². The fourth-order valence-corrected chi connectivity index (χ4v) is 2.60. The van der Waals surface area contributed by atoms with E-state index in [0.717, 1.165) is 63.9 Å². The van der Waals surface area contributed by atoms with Crippen molar-refractivity contribution in [1.82, 2.24) is 20.4 Å². The van der Waals surface area contributed by atoms with Crippen LogP contribution in [0.1, 0.15) is 24.7 Å². The van der Waals surface area contributed by atoms with Crippen LogP contribution in [0.25, 0.3) is 0 Å². The number of piperidine rings is 1. The molecular formula is C12H21N5O. The number of aromatic nitrogens is 2. The molecule has 1 aromatic rings. The zero-order valence-corrected chi connectivity index (χ0v) is 10.9. The molecule has 6 heteroatoms. The van der Waals surface area contributed by atoms with Gasteiger partial charge in [0, 0.05) is 32.1 Å². The summed E-state index contributed by atoms with van der Waals surface area (Å²) in [4.78, 5) is 9.12. The lowest BCUT2D eigenvalue weighted by Crippen LogP contribution is -2.44. The lowest BCUT2D eigenvalue weighted by molar-refractivity contribution is 0.305. The van der Waals surface area contributed by atoms with Gasteiger partial charge in [-0.25, -0.2) is 0 Å². The summed E-state index contributed by atoms with van der Waals surface area (Å²) in [5, 5.41) is 7.49. The van der Waals surface area contributed by atoms with Crippen LogP contribution in [0.3, 0.4) is 0 Å². The van der Waals surface area contributed by atoms with Gasteiger partial charge < -0.3 is 19.6 Å². The van der Waals surface area contributed by atoms with Crippen molar-refractivity contribution >= 4 is 5.95 Å². The number of nitrogens with zero attached hydrogens (tertiary/aromatic N) is 4. The van der Waals surface area contributed by atoms with Gasteiger partial charge in [-0.1, -0.05) is 0 Å². The fourth-order valence-electron chi connectivity index (χ4n) is 2.60.